The Kier molecular flexibility index (Phi) is 6.47. The Morgan fingerprint density at radius 1 is 1.23 bits per heavy atom. The molecule has 3 rings (SSSR count). The Morgan fingerprint density at radius 3 is 2.68 bits per heavy atom. The minimum Gasteiger partial charge on any atom is -0.370 e. The summed E-state index contributed by atoms with van der Waals surface area (Å²) in [6.07, 6.45) is -0.473. The molecule has 2 aliphatic rings. The molecule has 0 aliphatic carbocycles. The number of ether oxygens (including phenoxy) is 2. The van der Waals surface area contributed by atoms with E-state index in [4.69, 9.17) is 21.1 Å². The van der Waals surface area contributed by atoms with Crippen LogP contribution in [0.15, 0.2) is 24.3 Å². The lowest BCUT2D eigenvalue weighted by Gasteiger charge is -2.36. The van der Waals surface area contributed by atoms with E-state index in [2.05, 4.69) is 5.32 Å². The smallest absolute Gasteiger partial charge is 0.253 e. The van der Waals surface area contributed by atoms with Crippen LogP contribution < -0.4 is 5.32 Å². The van der Waals surface area contributed by atoms with Crippen molar-refractivity contribution in [3.05, 3.63) is 34.9 Å². The third-order valence-electron chi connectivity index (χ3n) is 3.82. The molecule has 2 heterocycles. The highest BCUT2D eigenvalue weighted by Gasteiger charge is 2.31. The molecule has 1 aromatic carbocycles. The molecule has 1 amide bonds. The van der Waals surface area contributed by atoms with Crippen LogP contribution in [0.5, 0.6) is 0 Å². The summed E-state index contributed by atoms with van der Waals surface area (Å²) in [5, 5.41) is 3.88. The number of rotatable bonds is 2. The summed E-state index contributed by atoms with van der Waals surface area (Å²) in [4.78, 5) is 14.3. The van der Waals surface area contributed by atoms with E-state index in [0.717, 1.165) is 12.1 Å². The lowest BCUT2D eigenvalue weighted by Crippen LogP contribution is -2.52. The van der Waals surface area contributed by atoms with Crippen LogP contribution in [0.4, 0.5) is 0 Å². The number of amides is 1. The average molecular weight is 347 g/mol. The molecule has 1 N–H and O–H groups in total. The molecule has 2 atom stereocenters. The summed E-state index contributed by atoms with van der Waals surface area (Å²) in [6.45, 7) is 3.69. The van der Waals surface area contributed by atoms with Crippen LogP contribution >= 0.6 is 24.0 Å². The lowest BCUT2D eigenvalue weighted by atomic mass is 10.1. The second-order valence-corrected chi connectivity index (χ2v) is 5.70. The monoisotopic (exact) mass is 346 g/mol. The first-order valence-electron chi connectivity index (χ1n) is 7.22. The van der Waals surface area contributed by atoms with Gasteiger partial charge in [0.1, 0.15) is 12.2 Å². The van der Waals surface area contributed by atoms with Gasteiger partial charge in [0.05, 0.1) is 19.8 Å². The van der Waals surface area contributed by atoms with Gasteiger partial charge < -0.3 is 19.7 Å². The maximum absolute atomic E-state index is 12.5. The van der Waals surface area contributed by atoms with E-state index < -0.39 is 0 Å². The summed E-state index contributed by atoms with van der Waals surface area (Å²) in [6, 6.07) is 7.57. The Balaban J connectivity index is 0.00000176. The largest absolute Gasteiger partial charge is 0.370 e. The van der Waals surface area contributed by atoms with Gasteiger partial charge in [-0.25, -0.2) is 0 Å². The summed E-state index contributed by atoms with van der Waals surface area (Å²) < 4.78 is 11.3. The zero-order valence-corrected chi connectivity index (χ0v) is 13.7. The third kappa shape index (κ3) is 4.12. The van der Waals surface area contributed by atoms with E-state index in [1.807, 2.05) is 29.2 Å². The number of benzene rings is 1. The maximum Gasteiger partial charge on any atom is 0.253 e. The Labute approximate surface area is 141 Å². The van der Waals surface area contributed by atoms with E-state index >= 15 is 0 Å². The van der Waals surface area contributed by atoms with E-state index in [1.165, 1.54) is 0 Å². The van der Waals surface area contributed by atoms with Crippen molar-refractivity contribution in [2.24, 2.45) is 0 Å². The van der Waals surface area contributed by atoms with E-state index in [9.17, 15) is 4.79 Å². The number of nitrogens with one attached hydrogen (secondary N) is 1. The van der Waals surface area contributed by atoms with Gasteiger partial charge >= 0.3 is 0 Å². The highest BCUT2D eigenvalue weighted by molar-refractivity contribution is 6.30. The SMILES string of the molecule is Cl.O=C(C1CNCCO1)N1CCOC(c2ccc(Cl)cc2)C1. The number of hydrogen-bond acceptors (Lipinski definition) is 4. The standard InChI is InChI=1S/C15H19ClN2O3.ClH/c16-12-3-1-11(2-4-12)14-10-18(6-8-21-14)15(19)13-9-17-5-7-20-13;/h1-4,13-14,17H,5-10H2;1H. The molecule has 7 heteroatoms. The van der Waals surface area contributed by atoms with Crippen LogP contribution in [0.25, 0.3) is 0 Å². The van der Waals surface area contributed by atoms with Gasteiger partial charge in [-0.15, -0.1) is 12.4 Å². The zero-order chi connectivity index (χ0) is 14.7. The van der Waals surface area contributed by atoms with Crippen molar-refractivity contribution in [1.29, 1.82) is 0 Å². The summed E-state index contributed by atoms with van der Waals surface area (Å²) in [5.41, 5.74) is 1.04. The second-order valence-electron chi connectivity index (χ2n) is 5.26. The van der Waals surface area contributed by atoms with E-state index in [0.29, 0.717) is 37.9 Å². The first-order valence-corrected chi connectivity index (χ1v) is 7.60. The van der Waals surface area contributed by atoms with Gasteiger partial charge in [0, 0.05) is 24.7 Å². The normalized spacial score (nSPS) is 25.4. The topological polar surface area (TPSA) is 50.8 Å². The molecule has 5 nitrogen and oxygen atoms in total. The van der Waals surface area contributed by atoms with Crippen molar-refractivity contribution in [2.45, 2.75) is 12.2 Å². The van der Waals surface area contributed by atoms with Crippen molar-refractivity contribution in [2.75, 3.05) is 39.4 Å². The molecular weight excluding hydrogens is 327 g/mol. The second kappa shape index (κ2) is 8.13. The van der Waals surface area contributed by atoms with Gasteiger partial charge in [-0.1, -0.05) is 23.7 Å². The predicted octanol–water partition coefficient (Wildman–Crippen LogP) is 1.65. The van der Waals surface area contributed by atoms with Gasteiger partial charge in [0.25, 0.3) is 5.91 Å². The number of halogens is 2. The van der Waals surface area contributed by atoms with E-state index in [-0.39, 0.29) is 30.5 Å². The fourth-order valence-corrected chi connectivity index (χ4v) is 2.78. The van der Waals surface area contributed by atoms with Crippen molar-refractivity contribution >= 4 is 29.9 Å². The third-order valence-corrected chi connectivity index (χ3v) is 4.07. The van der Waals surface area contributed by atoms with Crippen molar-refractivity contribution in [1.82, 2.24) is 10.2 Å². The lowest BCUT2D eigenvalue weighted by molar-refractivity contribution is -0.152. The molecule has 0 aromatic heterocycles. The van der Waals surface area contributed by atoms with Crippen molar-refractivity contribution in [3.63, 3.8) is 0 Å². The fraction of sp³-hybridized carbons (Fsp3) is 0.533. The van der Waals surface area contributed by atoms with Gasteiger partial charge in [-0.3, -0.25) is 4.79 Å². The van der Waals surface area contributed by atoms with Crippen molar-refractivity contribution in [3.8, 4) is 0 Å². The first kappa shape index (κ1) is 17.5. The Bertz CT molecular complexity index is 492. The molecule has 22 heavy (non-hydrogen) atoms. The first-order chi connectivity index (χ1) is 10.2. The van der Waals surface area contributed by atoms with E-state index in [1.54, 1.807) is 0 Å². The molecule has 0 bridgehead atoms. The van der Waals surface area contributed by atoms with Crippen molar-refractivity contribution < 1.29 is 14.3 Å². The molecule has 2 saturated heterocycles. The average Bonchev–Trinajstić information content (AvgIpc) is 2.56. The Morgan fingerprint density at radius 2 is 2.00 bits per heavy atom. The number of carbonyl (C=O) groups excluding carboxylic acids is 1. The van der Waals surface area contributed by atoms with Crippen LogP contribution in [-0.4, -0.2) is 56.3 Å². The minimum absolute atomic E-state index is 0. The van der Waals surface area contributed by atoms with Crippen LogP contribution in [0.3, 0.4) is 0 Å². The predicted molar refractivity (Wildman–Crippen MR) is 86.6 cm³/mol. The molecular formula is C15H20Cl2N2O3. The van der Waals surface area contributed by atoms with Crippen LogP contribution in [0.1, 0.15) is 11.7 Å². The summed E-state index contributed by atoms with van der Waals surface area (Å²) in [7, 11) is 0. The van der Waals surface area contributed by atoms with Gasteiger partial charge in [-0.2, -0.15) is 0 Å². The number of hydrogen-bond donors (Lipinski definition) is 1. The van der Waals surface area contributed by atoms with Gasteiger partial charge in [-0.05, 0) is 17.7 Å². The molecule has 2 unspecified atom stereocenters. The molecule has 0 saturated carbocycles. The van der Waals surface area contributed by atoms with Gasteiger partial charge in [0.15, 0.2) is 0 Å². The maximum atomic E-state index is 12.5. The summed E-state index contributed by atoms with van der Waals surface area (Å²) >= 11 is 5.90. The summed E-state index contributed by atoms with van der Waals surface area (Å²) in [5.74, 6) is 0.0458. The minimum atomic E-state index is -0.372. The molecule has 122 valence electrons. The van der Waals surface area contributed by atoms with Crippen LogP contribution in [0, 0.1) is 0 Å². The Hall–Kier alpha value is -0.850. The van der Waals surface area contributed by atoms with Crippen LogP contribution in [-0.2, 0) is 14.3 Å². The quantitative estimate of drug-likeness (QED) is 0.884. The highest BCUT2D eigenvalue weighted by Crippen LogP contribution is 2.24. The number of morpholine rings is 2. The molecule has 2 fully saturated rings. The zero-order valence-electron chi connectivity index (χ0n) is 12.2. The van der Waals surface area contributed by atoms with Gasteiger partial charge in [0.2, 0.25) is 0 Å². The molecule has 2 aliphatic heterocycles. The number of carbonyl (C=O) groups is 1. The number of nitrogens with zero attached hydrogens (tertiary/aromatic N) is 1. The molecule has 1 aromatic rings. The van der Waals surface area contributed by atoms with Crippen LogP contribution in [0.2, 0.25) is 5.02 Å². The fourth-order valence-electron chi connectivity index (χ4n) is 2.66. The molecule has 0 spiro atoms. The highest BCUT2D eigenvalue weighted by atomic mass is 35.5. The molecule has 0 radical (unpaired) electrons.